The normalized spacial score (nSPS) is 13.6. The Morgan fingerprint density at radius 1 is 1.53 bits per heavy atom. The SMILES string of the molecule is O=C(O)CC1=CCc2c(F)cc(Br)cc21. The van der Waals surface area contributed by atoms with Crippen LogP contribution in [0, 0.1) is 5.82 Å². The molecule has 0 aliphatic heterocycles. The third-order valence-corrected chi connectivity index (χ3v) is 2.86. The molecule has 4 heteroatoms. The number of hydrogen-bond donors (Lipinski definition) is 1. The first kappa shape index (κ1) is 10.4. The molecule has 2 rings (SSSR count). The highest BCUT2D eigenvalue weighted by Gasteiger charge is 2.19. The van der Waals surface area contributed by atoms with Crippen LogP contribution >= 0.6 is 15.9 Å². The molecule has 0 saturated heterocycles. The molecule has 78 valence electrons. The van der Waals surface area contributed by atoms with Crippen molar-refractivity contribution in [3.8, 4) is 0 Å². The predicted molar refractivity (Wildman–Crippen MR) is 58.0 cm³/mol. The second-order valence-corrected chi connectivity index (χ2v) is 4.33. The number of carboxylic acid groups (broad SMARTS) is 1. The van der Waals surface area contributed by atoms with Crippen molar-refractivity contribution in [1.82, 2.24) is 0 Å². The van der Waals surface area contributed by atoms with Gasteiger partial charge in [0.05, 0.1) is 6.42 Å². The first-order valence-corrected chi connectivity index (χ1v) is 5.26. The average molecular weight is 271 g/mol. The van der Waals surface area contributed by atoms with Crippen molar-refractivity contribution >= 4 is 27.5 Å². The van der Waals surface area contributed by atoms with Gasteiger partial charge in [0.1, 0.15) is 5.82 Å². The molecule has 1 aromatic carbocycles. The number of hydrogen-bond acceptors (Lipinski definition) is 1. The van der Waals surface area contributed by atoms with Crippen LogP contribution in [0.2, 0.25) is 0 Å². The van der Waals surface area contributed by atoms with Crippen LogP contribution in [0.5, 0.6) is 0 Å². The van der Waals surface area contributed by atoms with Crippen LogP contribution in [0.4, 0.5) is 4.39 Å². The van der Waals surface area contributed by atoms with Crippen molar-refractivity contribution in [1.29, 1.82) is 0 Å². The maximum Gasteiger partial charge on any atom is 0.307 e. The van der Waals surface area contributed by atoms with Gasteiger partial charge in [-0.3, -0.25) is 4.79 Å². The molecule has 0 unspecified atom stereocenters. The lowest BCUT2D eigenvalue weighted by atomic mass is 10.0. The maximum absolute atomic E-state index is 13.5. The summed E-state index contributed by atoms with van der Waals surface area (Å²) in [7, 11) is 0. The molecular weight excluding hydrogens is 263 g/mol. The molecule has 0 radical (unpaired) electrons. The minimum Gasteiger partial charge on any atom is -0.481 e. The van der Waals surface area contributed by atoms with Crippen molar-refractivity contribution in [3.63, 3.8) is 0 Å². The lowest BCUT2D eigenvalue weighted by Gasteiger charge is -2.05. The van der Waals surface area contributed by atoms with Crippen molar-refractivity contribution in [2.75, 3.05) is 0 Å². The summed E-state index contributed by atoms with van der Waals surface area (Å²) in [6.45, 7) is 0. The molecule has 1 N–H and O–H groups in total. The Hall–Kier alpha value is -1.16. The molecule has 0 bridgehead atoms. The van der Waals surface area contributed by atoms with E-state index in [0.29, 0.717) is 27.6 Å². The van der Waals surface area contributed by atoms with E-state index in [9.17, 15) is 9.18 Å². The molecule has 0 aromatic heterocycles. The van der Waals surface area contributed by atoms with Gasteiger partial charge in [0, 0.05) is 4.47 Å². The molecule has 0 fully saturated rings. The largest absolute Gasteiger partial charge is 0.481 e. The zero-order valence-corrected chi connectivity index (χ0v) is 9.34. The van der Waals surface area contributed by atoms with Gasteiger partial charge in [-0.1, -0.05) is 22.0 Å². The molecule has 15 heavy (non-hydrogen) atoms. The van der Waals surface area contributed by atoms with Crippen LogP contribution in [0.1, 0.15) is 17.5 Å². The molecule has 0 amide bonds. The lowest BCUT2D eigenvalue weighted by Crippen LogP contribution is -1.97. The number of benzene rings is 1. The summed E-state index contributed by atoms with van der Waals surface area (Å²) in [6.07, 6.45) is 2.20. The molecule has 1 aliphatic carbocycles. The smallest absolute Gasteiger partial charge is 0.307 e. The maximum atomic E-state index is 13.5. The van der Waals surface area contributed by atoms with E-state index in [-0.39, 0.29) is 12.2 Å². The number of aliphatic carboxylic acids is 1. The third-order valence-electron chi connectivity index (χ3n) is 2.40. The topological polar surface area (TPSA) is 37.3 Å². The Morgan fingerprint density at radius 2 is 2.27 bits per heavy atom. The van der Waals surface area contributed by atoms with Gasteiger partial charge in [-0.25, -0.2) is 4.39 Å². The van der Waals surface area contributed by atoms with Gasteiger partial charge in [-0.05, 0) is 35.3 Å². The molecule has 0 spiro atoms. The van der Waals surface area contributed by atoms with Gasteiger partial charge in [-0.2, -0.15) is 0 Å². The van der Waals surface area contributed by atoms with Crippen molar-refractivity contribution in [2.45, 2.75) is 12.8 Å². The van der Waals surface area contributed by atoms with E-state index in [2.05, 4.69) is 15.9 Å². The van der Waals surface area contributed by atoms with E-state index in [4.69, 9.17) is 5.11 Å². The number of halogens is 2. The van der Waals surface area contributed by atoms with Crippen LogP contribution < -0.4 is 0 Å². The second kappa shape index (κ2) is 3.77. The van der Waals surface area contributed by atoms with Gasteiger partial charge in [-0.15, -0.1) is 0 Å². The summed E-state index contributed by atoms with van der Waals surface area (Å²) in [5.74, 6) is -1.18. The van der Waals surface area contributed by atoms with E-state index >= 15 is 0 Å². The van der Waals surface area contributed by atoms with E-state index in [0.717, 1.165) is 0 Å². The van der Waals surface area contributed by atoms with Gasteiger partial charge in [0.2, 0.25) is 0 Å². The number of carboxylic acids is 1. The molecule has 2 nitrogen and oxygen atoms in total. The van der Waals surface area contributed by atoms with E-state index in [1.807, 2.05) is 0 Å². The molecule has 0 atom stereocenters. The second-order valence-electron chi connectivity index (χ2n) is 3.42. The van der Waals surface area contributed by atoms with Crippen molar-refractivity contribution in [2.24, 2.45) is 0 Å². The number of fused-ring (bicyclic) bond motifs is 1. The van der Waals surface area contributed by atoms with Gasteiger partial charge in [0.25, 0.3) is 0 Å². The minimum absolute atomic E-state index is 0.0527. The predicted octanol–water partition coefficient (Wildman–Crippen LogP) is 3.00. The fourth-order valence-electron chi connectivity index (χ4n) is 1.76. The highest BCUT2D eigenvalue weighted by molar-refractivity contribution is 9.10. The zero-order chi connectivity index (χ0) is 11.0. The van der Waals surface area contributed by atoms with Crippen molar-refractivity contribution < 1.29 is 14.3 Å². The molecule has 1 aromatic rings. The highest BCUT2D eigenvalue weighted by Crippen LogP contribution is 2.33. The van der Waals surface area contributed by atoms with E-state index < -0.39 is 5.97 Å². The number of carbonyl (C=O) groups is 1. The Bertz CT molecular complexity index is 466. The fraction of sp³-hybridized carbons (Fsp3) is 0.182. The summed E-state index contributed by atoms with van der Waals surface area (Å²) in [4.78, 5) is 10.6. The van der Waals surface area contributed by atoms with Crippen LogP contribution in [0.15, 0.2) is 22.7 Å². The third kappa shape index (κ3) is 1.95. The van der Waals surface area contributed by atoms with Gasteiger partial charge < -0.3 is 5.11 Å². The monoisotopic (exact) mass is 270 g/mol. The average Bonchev–Trinajstić information content (AvgIpc) is 2.48. The minimum atomic E-state index is -0.894. The molecule has 1 aliphatic rings. The van der Waals surface area contributed by atoms with Gasteiger partial charge in [0.15, 0.2) is 0 Å². The lowest BCUT2D eigenvalue weighted by molar-refractivity contribution is -0.135. The first-order chi connectivity index (χ1) is 7.08. The summed E-state index contributed by atoms with van der Waals surface area (Å²) < 4.78 is 14.1. The summed E-state index contributed by atoms with van der Waals surface area (Å²) in [5, 5.41) is 8.69. The summed E-state index contributed by atoms with van der Waals surface area (Å²) >= 11 is 3.19. The fourth-order valence-corrected chi connectivity index (χ4v) is 2.19. The van der Waals surface area contributed by atoms with Crippen LogP contribution in [0.3, 0.4) is 0 Å². The zero-order valence-electron chi connectivity index (χ0n) is 7.76. The van der Waals surface area contributed by atoms with Gasteiger partial charge >= 0.3 is 5.97 Å². The Balaban J connectivity index is 2.43. The molecular formula is C11H8BrFO2. The Kier molecular flexibility index (Phi) is 2.61. The molecule has 0 heterocycles. The Morgan fingerprint density at radius 3 is 2.93 bits per heavy atom. The standard InChI is InChI=1S/C11H8BrFO2/c12-7-4-9-6(3-11(14)15)1-2-8(9)10(13)5-7/h1,4-5H,2-3H2,(H,14,15). The van der Waals surface area contributed by atoms with Crippen LogP contribution in [-0.2, 0) is 11.2 Å². The summed E-state index contributed by atoms with van der Waals surface area (Å²) in [6, 6.07) is 3.16. The van der Waals surface area contributed by atoms with E-state index in [1.165, 1.54) is 6.07 Å². The number of rotatable bonds is 2. The van der Waals surface area contributed by atoms with E-state index in [1.54, 1.807) is 12.1 Å². The van der Waals surface area contributed by atoms with Crippen LogP contribution in [-0.4, -0.2) is 11.1 Å². The first-order valence-electron chi connectivity index (χ1n) is 4.47. The highest BCUT2D eigenvalue weighted by atomic mass is 79.9. The van der Waals surface area contributed by atoms with Crippen LogP contribution in [0.25, 0.3) is 5.57 Å². The quantitative estimate of drug-likeness (QED) is 0.897. The van der Waals surface area contributed by atoms with Crippen molar-refractivity contribution in [3.05, 3.63) is 39.6 Å². The Labute approximate surface area is 94.5 Å². The number of allylic oxidation sites excluding steroid dienone is 1. The summed E-state index contributed by atoms with van der Waals surface area (Å²) in [5.41, 5.74) is 2.00. The molecule has 0 saturated carbocycles.